The standard InChI is InChI=1S/C13H17N2O/c1-10(2)15(14)9-12-6-3-5-11-7-4-8-16-13(11)12/h3,5-6,9H,1,4,7-8,14H2,2H3/q+1/b15-9-. The first-order chi connectivity index (χ1) is 7.68. The Morgan fingerprint density at radius 3 is 3.12 bits per heavy atom. The van der Waals surface area contributed by atoms with E-state index >= 15 is 0 Å². The maximum atomic E-state index is 5.80. The molecule has 1 aliphatic heterocycles. The number of hydrogen-bond donors (Lipinski definition) is 1. The van der Waals surface area contributed by atoms with Gasteiger partial charge in [-0.2, -0.15) is 0 Å². The van der Waals surface area contributed by atoms with Crippen LogP contribution >= 0.6 is 0 Å². The zero-order valence-electron chi connectivity index (χ0n) is 9.57. The Balaban J connectivity index is 2.42. The van der Waals surface area contributed by atoms with Crippen molar-refractivity contribution >= 4 is 6.21 Å². The summed E-state index contributed by atoms with van der Waals surface area (Å²) in [5.74, 6) is 6.77. The minimum absolute atomic E-state index is 0.787. The summed E-state index contributed by atoms with van der Waals surface area (Å²) in [6.45, 7) is 6.45. The lowest BCUT2D eigenvalue weighted by Crippen LogP contribution is -2.20. The van der Waals surface area contributed by atoms with E-state index in [4.69, 9.17) is 10.6 Å². The van der Waals surface area contributed by atoms with Crippen LogP contribution < -0.4 is 10.6 Å². The van der Waals surface area contributed by atoms with Gasteiger partial charge in [0.05, 0.1) is 12.2 Å². The van der Waals surface area contributed by atoms with Gasteiger partial charge in [-0.3, -0.25) is 0 Å². The summed E-state index contributed by atoms with van der Waals surface area (Å²) in [7, 11) is 0. The highest BCUT2D eigenvalue weighted by atomic mass is 16.5. The number of fused-ring (bicyclic) bond motifs is 1. The normalized spacial score (nSPS) is 15.2. The lowest BCUT2D eigenvalue weighted by atomic mass is 10.0. The first kappa shape index (κ1) is 10.7. The molecule has 2 rings (SSSR count). The van der Waals surface area contributed by atoms with Gasteiger partial charge in [-0.25, -0.2) is 5.84 Å². The van der Waals surface area contributed by atoms with E-state index in [0.29, 0.717) is 0 Å². The molecule has 3 heteroatoms. The zero-order valence-corrected chi connectivity index (χ0v) is 9.57. The predicted molar refractivity (Wildman–Crippen MR) is 64.7 cm³/mol. The number of aryl methyl sites for hydroxylation is 1. The van der Waals surface area contributed by atoms with Gasteiger partial charge in [-0.1, -0.05) is 16.8 Å². The first-order valence-electron chi connectivity index (χ1n) is 5.47. The summed E-state index contributed by atoms with van der Waals surface area (Å²) in [4.78, 5) is 0. The summed E-state index contributed by atoms with van der Waals surface area (Å²) >= 11 is 0. The number of para-hydroxylation sites is 1. The highest BCUT2D eigenvalue weighted by molar-refractivity contribution is 5.81. The van der Waals surface area contributed by atoms with Gasteiger partial charge in [0.2, 0.25) is 11.9 Å². The van der Waals surface area contributed by atoms with Crippen molar-refractivity contribution in [3.8, 4) is 5.75 Å². The average molecular weight is 217 g/mol. The highest BCUT2D eigenvalue weighted by Gasteiger charge is 2.15. The van der Waals surface area contributed by atoms with E-state index in [2.05, 4.69) is 12.6 Å². The Labute approximate surface area is 95.8 Å². The van der Waals surface area contributed by atoms with Crippen LogP contribution in [-0.4, -0.2) is 17.5 Å². The molecular weight excluding hydrogens is 200 g/mol. The summed E-state index contributed by atoms with van der Waals surface area (Å²) in [6.07, 6.45) is 4.02. The quantitative estimate of drug-likeness (QED) is 0.355. The highest BCUT2D eigenvalue weighted by Crippen LogP contribution is 2.27. The van der Waals surface area contributed by atoms with E-state index in [1.807, 2.05) is 25.3 Å². The van der Waals surface area contributed by atoms with Crippen LogP contribution in [-0.2, 0) is 6.42 Å². The largest absolute Gasteiger partial charge is 0.492 e. The Bertz CT molecular complexity index is 449. The molecule has 2 N–H and O–H groups in total. The predicted octanol–water partition coefficient (Wildman–Crippen LogP) is 1.85. The molecule has 0 unspecified atom stereocenters. The fourth-order valence-electron chi connectivity index (χ4n) is 1.78. The number of nitrogens with zero attached hydrogens (tertiary/aromatic N) is 1. The zero-order chi connectivity index (χ0) is 11.5. The van der Waals surface area contributed by atoms with Crippen LogP contribution in [0.1, 0.15) is 24.5 Å². The smallest absolute Gasteiger partial charge is 0.210 e. The fourth-order valence-corrected chi connectivity index (χ4v) is 1.78. The number of benzene rings is 1. The van der Waals surface area contributed by atoms with Gasteiger partial charge < -0.3 is 4.74 Å². The summed E-state index contributed by atoms with van der Waals surface area (Å²) in [5.41, 5.74) is 3.08. The van der Waals surface area contributed by atoms with Crippen molar-refractivity contribution in [3.63, 3.8) is 0 Å². The van der Waals surface area contributed by atoms with E-state index in [-0.39, 0.29) is 0 Å². The molecule has 1 aliphatic rings. The topological polar surface area (TPSA) is 38.3 Å². The molecule has 0 amide bonds. The molecule has 0 aromatic heterocycles. The molecule has 0 fully saturated rings. The van der Waals surface area contributed by atoms with Gasteiger partial charge in [-0.15, -0.1) is 0 Å². The lowest BCUT2D eigenvalue weighted by molar-refractivity contribution is -0.482. The van der Waals surface area contributed by atoms with E-state index in [1.165, 1.54) is 10.2 Å². The van der Waals surface area contributed by atoms with E-state index in [0.717, 1.165) is 36.5 Å². The molecule has 0 aliphatic carbocycles. The number of hydrazone groups is 1. The molecule has 1 aromatic carbocycles. The van der Waals surface area contributed by atoms with Crippen LogP contribution in [0.4, 0.5) is 0 Å². The monoisotopic (exact) mass is 217 g/mol. The molecule has 1 heterocycles. The molecule has 3 nitrogen and oxygen atoms in total. The Morgan fingerprint density at radius 2 is 2.38 bits per heavy atom. The van der Waals surface area contributed by atoms with Crippen molar-refractivity contribution in [1.29, 1.82) is 0 Å². The minimum Gasteiger partial charge on any atom is -0.492 e. The third-order valence-electron chi connectivity index (χ3n) is 2.68. The molecule has 1 aromatic rings. The van der Waals surface area contributed by atoms with Crippen molar-refractivity contribution in [1.82, 2.24) is 0 Å². The Kier molecular flexibility index (Phi) is 2.95. The van der Waals surface area contributed by atoms with Crippen LogP contribution in [0.2, 0.25) is 0 Å². The van der Waals surface area contributed by atoms with E-state index < -0.39 is 0 Å². The van der Waals surface area contributed by atoms with Gasteiger partial charge in [0.1, 0.15) is 5.75 Å². The van der Waals surface area contributed by atoms with Crippen LogP contribution in [0.5, 0.6) is 5.75 Å². The summed E-state index contributed by atoms with van der Waals surface area (Å²) < 4.78 is 7.21. The van der Waals surface area contributed by atoms with Crippen molar-refractivity contribution in [2.75, 3.05) is 6.61 Å². The Morgan fingerprint density at radius 1 is 1.56 bits per heavy atom. The van der Waals surface area contributed by atoms with E-state index in [1.54, 1.807) is 0 Å². The summed E-state index contributed by atoms with van der Waals surface area (Å²) in [6, 6.07) is 6.14. The third-order valence-corrected chi connectivity index (χ3v) is 2.68. The van der Waals surface area contributed by atoms with Crippen LogP contribution in [0.15, 0.2) is 30.5 Å². The van der Waals surface area contributed by atoms with Gasteiger partial charge >= 0.3 is 0 Å². The van der Waals surface area contributed by atoms with Crippen molar-refractivity contribution in [2.24, 2.45) is 5.84 Å². The number of hydrazine groups is 1. The number of hydrogen-bond acceptors (Lipinski definition) is 2. The molecule has 0 atom stereocenters. The molecule has 0 radical (unpaired) electrons. The van der Waals surface area contributed by atoms with Crippen LogP contribution in [0, 0.1) is 0 Å². The molecule has 0 saturated heterocycles. The van der Waals surface area contributed by atoms with Gasteiger partial charge in [0.15, 0.2) is 0 Å². The molecule has 0 saturated carbocycles. The summed E-state index contributed by atoms with van der Waals surface area (Å²) in [5, 5.41) is 0. The van der Waals surface area contributed by atoms with E-state index in [9.17, 15) is 0 Å². The maximum absolute atomic E-state index is 5.80. The number of nitrogens with two attached hydrogens (primary N) is 1. The molecule has 0 bridgehead atoms. The second kappa shape index (κ2) is 4.39. The van der Waals surface area contributed by atoms with Crippen molar-refractivity contribution in [3.05, 3.63) is 41.6 Å². The second-order valence-electron chi connectivity index (χ2n) is 4.06. The maximum Gasteiger partial charge on any atom is 0.210 e. The number of allylic oxidation sites excluding steroid dienone is 1. The average Bonchev–Trinajstić information content (AvgIpc) is 2.29. The molecular formula is C13H17N2O+. The molecule has 16 heavy (non-hydrogen) atoms. The number of ether oxygens (including phenoxy) is 1. The SMILES string of the molecule is C=C(C)/[N+](N)=C/c1cccc2c1OCCC2. The van der Waals surface area contributed by atoms with Crippen LogP contribution in [0.3, 0.4) is 0 Å². The first-order valence-corrected chi connectivity index (χ1v) is 5.47. The lowest BCUT2D eigenvalue weighted by Gasteiger charge is -2.18. The van der Waals surface area contributed by atoms with Gasteiger partial charge in [-0.05, 0) is 31.1 Å². The van der Waals surface area contributed by atoms with Gasteiger partial charge in [0, 0.05) is 6.92 Å². The fraction of sp³-hybridized carbons (Fsp3) is 0.308. The van der Waals surface area contributed by atoms with Gasteiger partial charge in [0.25, 0.3) is 0 Å². The third kappa shape index (κ3) is 2.08. The Hall–Kier alpha value is -1.77. The minimum atomic E-state index is 0.787. The molecule has 84 valence electrons. The van der Waals surface area contributed by atoms with Crippen molar-refractivity contribution < 1.29 is 9.42 Å². The molecule has 0 spiro atoms. The van der Waals surface area contributed by atoms with Crippen LogP contribution in [0.25, 0.3) is 0 Å². The van der Waals surface area contributed by atoms with Crippen molar-refractivity contribution in [2.45, 2.75) is 19.8 Å². The second-order valence-corrected chi connectivity index (χ2v) is 4.06. The number of rotatable bonds is 2.